The van der Waals surface area contributed by atoms with Gasteiger partial charge >= 0.3 is 0 Å². The van der Waals surface area contributed by atoms with Crippen molar-refractivity contribution in [2.45, 2.75) is 24.5 Å². The van der Waals surface area contributed by atoms with Gasteiger partial charge in [-0.25, -0.2) is 0 Å². The molecule has 20 heavy (non-hydrogen) atoms. The molecule has 0 saturated heterocycles. The predicted molar refractivity (Wildman–Crippen MR) is 80.2 cm³/mol. The lowest BCUT2D eigenvalue weighted by Crippen LogP contribution is -2.21. The van der Waals surface area contributed by atoms with Gasteiger partial charge in [0.2, 0.25) is 0 Å². The Kier molecular flexibility index (Phi) is 3.44. The summed E-state index contributed by atoms with van der Waals surface area (Å²) in [7, 11) is 0. The lowest BCUT2D eigenvalue weighted by atomic mass is 9.97. The van der Waals surface area contributed by atoms with Crippen LogP contribution >= 0.6 is 11.8 Å². The second kappa shape index (κ2) is 5.25. The maximum Gasteiger partial charge on any atom is 0.251 e. The van der Waals surface area contributed by atoms with Gasteiger partial charge in [-0.15, -0.1) is 16.7 Å². The lowest BCUT2D eigenvalue weighted by Gasteiger charge is -2.17. The number of nitrogens with zero attached hydrogens (tertiary/aromatic N) is 2. The number of benzene rings is 1. The van der Waals surface area contributed by atoms with Gasteiger partial charge in [-0.2, -0.15) is 0 Å². The van der Waals surface area contributed by atoms with E-state index in [0.717, 1.165) is 27.5 Å². The van der Waals surface area contributed by atoms with E-state index in [4.69, 9.17) is 0 Å². The Morgan fingerprint density at radius 2 is 2.05 bits per heavy atom. The molecule has 0 aliphatic carbocycles. The zero-order valence-electron chi connectivity index (χ0n) is 11.1. The Labute approximate surface area is 120 Å². The Bertz CT molecular complexity index is 710. The van der Waals surface area contributed by atoms with E-state index < -0.39 is 6.04 Å². The molecule has 0 radical (unpaired) electrons. The van der Waals surface area contributed by atoms with Crippen LogP contribution in [0.15, 0.2) is 51.4 Å². The average Bonchev–Trinajstić information content (AvgIpc) is 2.94. The number of aryl methyl sites for hydroxylation is 1. The lowest BCUT2D eigenvalue weighted by molar-refractivity contribution is 0.659. The Hall–Kier alpha value is -1.88. The summed E-state index contributed by atoms with van der Waals surface area (Å²) in [6, 6.07) is 10.5. The largest absolute Gasteiger partial charge is 0.302 e. The second-order valence-corrected chi connectivity index (χ2v) is 5.89. The van der Waals surface area contributed by atoms with Gasteiger partial charge in [-0.05, 0) is 18.1 Å². The van der Waals surface area contributed by atoms with Crippen LogP contribution in [-0.4, -0.2) is 10.3 Å². The number of thioether (sulfide) groups is 1. The average molecular weight is 286 g/mol. The number of fused-ring (bicyclic) bond motifs is 1. The quantitative estimate of drug-likeness (QED) is 0.815. The Morgan fingerprint density at radius 3 is 2.75 bits per heavy atom. The third-order valence-corrected chi connectivity index (χ3v) is 4.65. The molecular weight excluding hydrogens is 272 g/mol. The van der Waals surface area contributed by atoms with Crippen molar-refractivity contribution < 1.29 is 0 Å². The highest BCUT2D eigenvalue weighted by Gasteiger charge is 2.26. The van der Waals surface area contributed by atoms with Crippen LogP contribution in [0.1, 0.15) is 22.7 Å². The number of pyridine rings is 1. The second-order valence-electron chi connectivity index (χ2n) is 4.80. The summed E-state index contributed by atoms with van der Waals surface area (Å²) in [6.45, 7) is 2.57. The molecular formula is C15H14N2O2S. The smallest absolute Gasteiger partial charge is 0.251 e. The monoisotopic (exact) mass is 286 g/mol. The Morgan fingerprint density at radius 1 is 1.30 bits per heavy atom. The first-order valence-corrected chi connectivity index (χ1v) is 7.45. The first-order valence-electron chi connectivity index (χ1n) is 6.47. The molecule has 0 fully saturated rings. The van der Waals surface area contributed by atoms with Crippen molar-refractivity contribution in [3.05, 3.63) is 68.3 Å². The predicted octanol–water partition coefficient (Wildman–Crippen LogP) is 3.12. The molecule has 1 aliphatic rings. The van der Waals surface area contributed by atoms with Crippen molar-refractivity contribution in [3.63, 3.8) is 0 Å². The van der Waals surface area contributed by atoms with Gasteiger partial charge in [-0.1, -0.05) is 35.5 Å². The van der Waals surface area contributed by atoms with E-state index in [1.165, 1.54) is 0 Å². The van der Waals surface area contributed by atoms with Crippen LogP contribution < -0.4 is 5.56 Å². The van der Waals surface area contributed by atoms with Crippen LogP contribution in [0.5, 0.6) is 0 Å². The van der Waals surface area contributed by atoms with Crippen molar-refractivity contribution in [2.75, 3.05) is 5.75 Å². The summed E-state index contributed by atoms with van der Waals surface area (Å²) in [5.74, 6) is 0.867. The highest BCUT2D eigenvalue weighted by molar-refractivity contribution is 7.99. The van der Waals surface area contributed by atoms with Gasteiger partial charge in [0.1, 0.15) is 6.04 Å². The van der Waals surface area contributed by atoms with E-state index in [1.54, 1.807) is 22.4 Å². The van der Waals surface area contributed by atoms with Crippen LogP contribution in [-0.2, 0) is 6.54 Å². The van der Waals surface area contributed by atoms with E-state index in [1.807, 2.05) is 37.3 Å². The molecule has 0 saturated carbocycles. The van der Waals surface area contributed by atoms with E-state index in [9.17, 15) is 9.70 Å². The summed E-state index contributed by atoms with van der Waals surface area (Å²) >= 11 is 1.63. The van der Waals surface area contributed by atoms with Crippen LogP contribution in [0, 0.1) is 11.8 Å². The number of rotatable bonds is 3. The van der Waals surface area contributed by atoms with Crippen LogP contribution in [0.4, 0.5) is 0 Å². The molecule has 3 rings (SSSR count). The van der Waals surface area contributed by atoms with E-state index >= 15 is 0 Å². The van der Waals surface area contributed by atoms with Crippen molar-refractivity contribution in [2.24, 2.45) is 5.18 Å². The first-order chi connectivity index (χ1) is 9.72. The molecule has 0 amide bonds. The van der Waals surface area contributed by atoms with Crippen LogP contribution in [0.2, 0.25) is 0 Å². The summed E-state index contributed by atoms with van der Waals surface area (Å²) in [5.41, 5.74) is 2.57. The van der Waals surface area contributed by atoms with Gasteiger partial charge in [0.15, 0.2) is 0 Å². The zero-order valence-corrected chi connectivity index (χ0v) is 11.9. The van der Waals surface area contributed by atoms with E-state index in [-0.39, 0.29) is 5.56 Å². The molecule has 0 bridgehead atoms. The van der Waals surface area contributed by atoms with Crippen molar-refractivity contribution >= 4 is 11.8 Å². The molecule has 1 atom stereocenters. The number of hydrogen-bond acceptors (Lipinski definition) is 4. The third kappa shape index (κ3) is 2.08. The maximum atomic E-state index is 12.0. The maximum absolute atomic E-state index is 12.0. The summed E-state index contributed by atoms with van der Waals surface area (Å²) in [4.78, 5) is 23.4. The number of hydrogen-bond donors (Lipinski definition) is 0. The van der Waals surface area contributed by atoms with Gasteiger partial charge in [-0.3, -0.25) is 4.79 Å². The molecule has 1 aromatic heterocycles. The Balaban J connectivity index is 2.21. The molecule has 1 unspecified atom stereocenters. The molecule has 4 nitrogen and oxygen atoms in total. The molecule has 0 N–H and O–H groups in total. The van der Waals surface area contributed by atoms with Crippen LogP contribution in [0.25, 0.3) is 0 Å². The minimum atomic E-state index is -0.552. The molecule has 1 aliphatic heterocycles. The first kappa shape index (κ1) is 13.1. The number of aromatic nitrogens is 1. The van der Waals surface area contributed by atoms with Crippen molar-refractivity contribution in [1.82, 2.24) is 4.57 Å². The third-order valence-electron chi connectivity index (χ3n) is 3.55. The van der Waals surface area contributed by atoms with Crippen molar-refractivity contribution in [3.8, 4) is 0 Å². The summed E-state index contributed by atoms with van der Waals surface area (Å²) in [6.07, 6.45) is 0. The SMILES string of the molecule is Cc1cc(=O)n2c(c1C(N=O)c1ccccc1)SCC2. The summed E-state index contributed by atoms with van der Waals surface area (Å²) in [5, 5.41) is 4.21. The van der Waals surface area contributed by atoms with Gasteiger partial charge in [0, 0.05) is 23.9 Å². The van der Waals surface area contributed by atoms with Crippen molar-refractivity contribution in [1.29, 1.82) is 0 Å². The molecule has 2 heterocycles. The zero-order chi connectivity index (χ0) is 14.1. The highest BCUT2D eigenvalue weighted by Crippen LogP contribution is 2.37. The van der Waals surface area contributed by atoms with Crippen LogP contribution in [0.3, 0.4) is 0 Å². The van der Waals surface area contributed by atoms with E-state index in [2.05, 4.69) is 5.18 Å². The normalized spacial score (nSPS) is 14.8. The minimum Gasteiger partial charge on any atom is -0.302 e. The van der Waals surface area contributed by atoms with Gasteiger partial charge in [0.05, 0.1) is 5.03 Å². The van der Waals surface area contributed by atoms with Gasteiger partial charge in [0.25, 0.3) is 5.56 Å². The molecule has 5 heteroatoms. The summed E-state index contributed by atoms with van der Waals surface area (Å²) < 4.78 is 1.74. The molecule has 1 aromatic carbocycles. The standard InChI is InChI=1S/C15H14N2O2S/c1-10-9-12(18)17-7-8-20-15(17)13(10)14(16-19)11-5-3-2-4-6-11/h2-6,9,14H,7-8H2,1H3. The molecule has 2 aromatic rings. The van der Waals surface area contributed by atoms with Gasteiger partial charge < -0.3 is 4.57 Å². The topological polar surface area (TPSA) is 51.4 Å². The molecule has 102 valence electrons. The minimum absolute atomic E-state index is 0.00367. The fraction of sp³-hybridized carbons (Fsp3) is 0.267. The van der Waals surface area contributed by atoms with E-state index in [0.29, 0.717) is 6.54 Å². The highest BCUT2D eigenvalue weighted by atomic mass is 32.2. The fourth-order valence-electron chi connectivity index (χ4n) is 2.60. The molecule has 0 spiro atoms. The fourth-order valence-corrected chi connectivity index (χ4v) is 3.84. The number of nitroso groups, excluding NO2 is 1.